The highest BCUT2D eigenvalue weighted by molar-refractivity contribution is 5.77. The van der Waals surface area contributed by atoms with Crippen molar-refractivity contribution in [3.8, 4) is 0 Å². The molecule has 0 radical (unpaired) electrons. The zero-order valence-electron chi connectivity index (χ0n) is 41.4. The van der Waals surface area contributed by atoms with Crippen molar-refractivity contribution in [2.24, 2.45) is 0 Å². The van der Waals surface area contributed by atoms with Crippen molar-refractivity contribution in [1.29, 1.82) is 0 Å². The van der Waals surface area contributed by atoms with Crippen LogP contribution in [0.3, 0.4) is 0 Å². The van der Waals surface area contributed by atoms with Gasteiger partial charge in [0.2, 0.25) is 5.91 Å². The van der Waals surface area contributed by atoms with Crippen molar-refractivity contribution in [2.75, 3.05) is 6.61 Å². The Morgan fingerprint density at radius 2 is 0.857 bits per heavy atom. The molecule has 1 amide bonds. The zero-order valence-corrected chi connectivity index (χ0v) is 41.4. The zero-order chi connectivity index (χ0) is 45.9. The second-order valence-corrected chi connectivity index (χ2v) is 18.0. The van der Waals surface area contributed by atoms with Crippen molar-refractivity contribution in [2.45, 2.75) is 270 Å². The number of ether oxygens (including phenoxy) is 1. The van der Waals surface area contributed by atoms with E-state index in [0.29, 0.717) is 19.3 Å². The molecule has 0 aliphatic carbocycles. The first-order chi connectivity index (χ1) is 31.0. The van der Waals surface area contributed by atoms with Crippen LogP contribution in [0.15, 0.2) is 72.9 Å². The number of esters is 1. The molecular formula is C57H101NO5. The highest BCUT2D eigenvalue weighted by Crippen LogP contribution is 2.18. The molecule has 0 aromatic heterocycles. The van der Waals surface area contributed by atoms with Gasteiger partial charge < -0.3 is 20.3 Å². The molecule has 0 spiro atoms. The van der Waals surface area contributed by atoms with Crippen molar-refractivity contribution in [3.63, 3.8) is 0 Å². The van der Waals surface area contributed by atoms with Gasteiger partial charge in [-0.15, -0.1) is 0 Å². The number of carbonyl (C=O) groups is 2. The highest BCUT2D eigenvalue weighted by atomic mass is 16.5. The van der Waals surface area contributed by atoms with Crippen molar-refractivity contribution in [1.82, 2.24) is 5.32 Å². The summed E-state index contributed by atoms with van der Waals surface area (Å²) in [5.74, 6) is -0.510. The number of aliphatic hydroxyl groups excluding tert-OH is 2. The smallest absolute Gasteiger partial charge is 0.306 e. The predicted molar refractivity (Wildman–Crippen MR) is 273 cm³/mol. The van der Waals surface area contributed by atoms with Gasteiger partial charge in [0, 0.05) is 6.42 Å². The van der Waals surface area contributed by atoms with E-state index in [1.807, 2.05) is 24.3 Å². The first kappa shape index (κ1) is 60.3. The van der Waals surface area contributed by atoms with Crippen LogP contribution in [0, 0.1) is 0 Å². The molecule has 0 aliphatic rings. The minimum absolute atomic E-state index is 0.0591. The quantitative estimate of drug-likeness (QED) is 0.0245. The summed E-state index contributed by atoms with van der Waals surface area (Å²) in [4.78, 5) is 26.2. The summed E-state index contributed by atoms with van der Waals surface area (Å²) in [5.41, 5.74) is 0. The molecule has 0 rings (SSSR count). The van der Waals surface area contributed by atoms with E-state index in [-0.39, 0.29) is 24.9 Å². The van der Waals surface area contributed by atoms with Crippen LogP contribution in [0.4, 0.5) is 0 Å². The number of allylic oxidation sites excluding steroid dienone is 12. The molecule has 3 N–H and O–H groups in total. The third-order valence-corrected chi connectivity index (χ3v) is 11.9. The molecule has 0 saturated carbocycles. The number of carbonyl (C=O) groups excluding carboxylic acids is 2. The van der Waals surface area contributed by atoms with E-state index in [2.05, 4.69) is 74.7 Å². The summed E-state index contributed by atoms with van der Waals surface area (Å²) in [7, 11) is 0. The topological polar surface area (TPSA) is 95.9 Å². The number of aliphatic hydroxyl groups is 2. The van der Waals surface area contributed by atoms with Gasteiger partial charge >= 0.3 is 5.97 Å². The normalized spacial score (nSPS) is 13.8. The molecule has 6 heteroatoms. The molecule has 364 valence electrons. The average Bonchev–Trinajstić information content (AvgIpc) is 3.28. The van der Waals surface area contributed by atoms with Crippen LogP contribution in [0.25, 0.3) is 0 Å². The SMILES string of the molecule is CCC/C=C/C=C/C=C/C=C/C=C/CCCCCCCC(=O)OC(CCCCCCC/C=C/CCCCCCCC)CC(=O)NC(CO)C(O)CCCCCCCCCCCCC. The molecule has 0 aliphatic heterocycles. The molecule has 3 atom stereocenters. The van der Waals surface area contributed by atoms with Gasteiger partial charge in [0.25, 0.3) is 0 Å². The second-order valence-electron chi connectivity index (χ2n) is 18.0. The standard InChI is InChI=1S/C57H101NO5/c1-4-7-10-13-16-19-22-24-26-27-28-30-32-35-38-41-44-47-50-57(62)63-53(48-45-42-39-36-34-31-29-25-23-20-17-14-11-8-5-2)51-56(61)58-54(52-59)55(60)49-46-43-40-37-33-21-18-15-12-9-6-3/h10,13,16,19,22,24-30,53-55,59-60H,4-9,11-12,14-15,17-18,20-21,23,31-52H2,1-3H3,(H,58,61)/b13-10+,19-16+,24-22+,27-26+,29-25+,30-28+. The molecule has 0 heterocycles. The summed E-state index contributed by atoms with van der Waals surface area (Å²) in [6.45, 7) is 6.38. The summed E-state index contributed by atoms with van der Waals surface area (Å²) >= 11 is 0. The minimum Gasteiger partial charge on any atom is -0.462 e. The van der Waals surface area contributed by atoms with Crippen LogP contribution in [-0.4, -0.2) is 46.9 Å². The molecule has 3 unspecified atom stereocenters. The number of nitrogens with one attached hydrogen (secondary N) is 1. The molecule has 63 heavy (non-hydrogen) atoms. The minimum atomic E-state index is -0.796. The van der Waals surface area contributed by atoms with Gasteiger partial charge in [0.05, 0.1) is 25.2 Å². The molecule has 0 aromatic rings. The van der Waals surface area contributed by atoms with Crippen LogP contribution in [0.5, 0.6) is 0 Å². The summed E-state index contributed by atoms with van der Waals surface area (Å²) in [6.07, 6.45) is 63.8. The monoisotopic (exact) mass is 880 g/mol. The first-order valence-electron chi connectivity index (χ1n) is 26.7. The van der Waals surface area contributed by atoms with E-state index in [4.69, 9.17) is 4.74 Å². The van der Waals surface area contributed by atoms with Gasteiger partial charge in [0.1, 0.15) is 6.10 Å². The number of rotatable bonds is 47. The lowest BCUT2D eigenvalue weighted by molar-refractivity contribution is -0.151. The Bertz CT molecular complexity index is 1170. The molecule has 0 saturated heterocycles. The number of hydrogen-bond donors (Lipinski definition) is 3. The Morgan fingerprint density at radius 3 is 1.33 bits per heavy atom. The van der Waals surface area contributed by atoms with E-state index < -0.39 is 18.2 Å². The predicted octanol–water partition coefficient (Wildman–Crippen LogP) is 16.2. The number of unbranched alkanes of at least 4 members (excludes halogenated alkanes) is 27. The van der Waals surface area contributed by atoms with Gasteiger partial charge in [-0.05, 0) is 70.6 Å². The average molecular weight is 880 g/mol. The fraction of sp³-hybridized carbons (Fsp3) is 0.754. The van der Waals surface area contributed by atoms with Gasteiger partial charge in [-0.2, -0.15) is 0 Å². The second kappa shape index (κ2) is 50.3. The van der Waals surface area contributed by atoms with Crippen LogP contribution in [0.1, 0.15) is 252 Å². The Labute approximate surface area is 390 Å². The van der Waals surface area contributed by atoms with E-state index in [9.17, 15) is 19.8 Å². The van der Waals surface area contributed by atoms with Gasteiger partial charge in [-0.3, -0.25) is 9.59 Å². The van der Waals surface area contributed by atoms with Crippen LogP contribution in [0.2, 0.25) is 0 Å². The molecule has 0 fully saturated rings. The third kappa shape index (κ3) is 45.7. The highest BCUT2D eigenvalue weighted by Gasteiger charge is 2.24. The maximum atomic E-state index is 13.2. The summed E-state index contributed by atoms with van der Waals surface area (Å²) in [5, 5.41) is 23.8. The Morgan fingerprint density at radius 1 is 0.460 bits per heavy atom. The lowest BCUT2D eigenvalue weighted by Crippen LogP contribution is -2.46. The lowest BCUT2D eigenvalue weighted by atomic mass is 10.0. The fourth-order valence-electron chi connectivity index (χ4n) is 7.81. The Hall–Kier alpha value is -2.70. The van der Waals surface area contributed by atoms with Crippen molar-refractivity contribution in [3.05, 3.63) is 72.9 Å². The Kier molecular flexibility index (Phi) is 48.1. The molecule has 6 nitrogen and oxygen atoms in total. The van der Waals surface area contributed by atoms with Gasteiger partial charge in [-0.1, -0.05) is 241 Å². The molecular weight excluding hydrogens is 779 g/mol. The van der Waals surface area contributed by atoms with Crippen LogP contribution < -0.4 is 5.32 Å². The maximum Gasteiger partial charge on any atom is 0.306 e. The van der Waals surface area contributed by atoms with E-state index in [0.717, 1.165) is 89.9 Å². The van der Waals surface area contributed by atoms with Gasteiger partial charge in [0.15, 0.2) is 0 Å². The van der Waals surface area contributed by atoms with Crippen LogP contribution >= 0.6 is 0 Å². The Balaban J connectivity index is 4.65. The first-order valence-corrected chi connectivity index (χ1v) is 26.7. The van der Waals surface area contributed by atoms with E-state index in [1.165, 1.54) is 116 Å². The maximum absolute atomic E-state index is 13.2. The summed E-state index contributed by atoms with van der Waals surface area (Å²) < 4.78 is 5.93. The number of hydrogen-bond acceptors (Lipinski definition) is 5. The molecule has 0 aromatic carbocycles. The fourth-order valence-corrected chi connectivity index (χ4v) is 7.81. The number of amides is 1. The third-order valence-electron chi connectivity index (χ3n) is 11.9. The van der Waals surface area contributed by atoms with E-state index >= 15 is 0 Å². The summed E-state index contributed by atoms with van der Waals surface area (Å²) in [6, 6.07) is -0.712. The largest absolute Gasteiger partial charge is 0.462 e. The van der Waals surface area contributed by atoms with E-state index in [1.54, 1.807) is 0 Å². The molecule has 0 bridgehead atoms. The van der Waals surface area contributed by atoms with Crippen molar-refractivity contribution >= 4 is 11.9 Å². The van der Waals surface area contributed by atoms with Crippen molar-refractivity contribution < 1.29 is 24.5 Å². The van der Waals surface area contributed by atoms with Crippen LogP contribution in [-0.2, 0) is 14.3 Å². The lowest BCUT2D eigenvalue weighted by Gasteiger charge is -2.24. The van der Waals surface area contributed by atoms with Gasteiger partial charge in [-0.25, -0.2) is 0 Å².